The predicted molar refractivity (Wildman–Crippen MR) is 88.8 cm³/mol. The molecule has 0 spiro atoms. The third-order valence-corrected chi connectivity index (χ3v) is 3.74. The second-order valence-electron chi connectivity index (χ2n) is 4.59. The lowest BCUT2D eigenvalue weighted by atomic mass is 10.1. The second-order valence-corrected chi connectivity index (χ2v) is 5.87. The summed E-state index contributed by atoms with van der Waals surface area (Å²) in [6.07, 6.45) is 0. The van der Waals surface area contributed by atoms with E-state index in [1.165, 1.54) is 12.1 Å². The summed E-state index contributed by atoms with van der Waals surface area (Å²) >= 11 is 9.66. The van der Waals surface area contributed by atoms with Crippen LogP contribution < -0.4 is 0 Å². The molecule has 6 heteroatoms. The van der Waals surface area contributed by atoms with Crippen molar-refractivity contribution in [3.8, 4) is 0 Å². The topological polar surface area (TPSA) is 55.5 Å². The number of nitro benzene ring substituents is 1. The maximum Gasteiger partial charge on any atom is 0.269 e. The van der Waals surface area contributed by atoms with Gasteiger partial charge in [0.15, 0.2) is 0 Å². The fourth-order valence-corrected chi connectivity index (χ4v) is 2.86. The molecule has 2 aromatic rings. The summed E-state index contributed by atoms with van der Waals surface area (Å²) < 4.78 is 0.989. The molecule has 0 saturated carbocycles. The van der Waals surface area contributed by atoms with Crippen LogP contribution in [-0.4, -0.2) is 10.1 Å². The molecule has 0 aliphatic rings. The number of hydrogen-bond donors (Lipinski definition) is 0. The summed E-state index contributed by atoms with van der Waals surface area (Å²) in [6, 6.07) is 9.93. The number of non-ortho nitro benzene ring substituents is 1. The Hall–Kier alpha value is -1.72. The highest BCUT2D eigenvalue weighted by Gasteiger charge is 2.09. The molecule has 0 fully saturated rings. The highest BCUT2D eigenvalue weighted by molar-refractivity contribution is 9.10. The molecule has 0 saturated heterocycles. The number of hydrogen-bond acceptors (Lipinski definition) is 3. The van der Waals surface area contributed by atoms with Crippen molar-refractivity contribution in [2.75, 3.05) is 0 Å². The van der Waals surface area contributed by atoms with Crippen LogP contribution in [0, 0.1) is 24.0 Å². The van der Waals surface area contributed by atoms with Gasteiger partial charge in [0.2, 0.25) is 0 Å². The van der Waals surface area contributed by atoms with Crippen molar-refractivity contribution in [3.05, 3.63) is 67.7 Å². The fourth-order valence-electron chi connectivity index (χ4n) is 1.96. The van der Waals surface area contributed by atoms with Gasteiger partial charge in [-0.3, -0.25) is 10.1 Å². The predicted octanol–water partition coefficient (Wildman–Crippen LogP) is 5.29. The molecule has 2 rings (SSSR count). The summed E-state index contributed by atoms with van der Waals surface area (Å²) in [5.74, 6) is 0. The number of halogens is 2. The Labute approximate surface area is 135 Å². The van der Waals surface area contributed by atoms with Crippen molar-refractivity contribution in [1.82, 2.24) is 0 Å². The molecule has 2 aromatic carbocycles. The molecule has 0 aromatic heterocycles. The van der Waals surface area contributed by atoms with Gasteiger partial charge >= 0.3 is 0 Å². The van der Waals surface area contributed by atoms with E-state index in [1.54, 1.807) is 12.1 Å². The van der Waals surface area contributed by atoms with E-state index in [1.807, 2.05) is 26.0 Å². The Morgan fingerprint density at radius 1 is 1.19 bits per heavy atom. The number of aliphatic imine (C=N–C) groups is 1. The molecule has 21 heavy (non-hydrogen) atoms. The van der Waals surface area contributed by atoms with E-state index in [-0.39, 0.29) is 5.69 Å². The molecule has 0 aliphatic heterocycles. The Kier molecular flexibility index (Phi) is 4.75. The number of aryl methyl sites for hydroxylation is 2. The van der Waals surface area contributed by atoms with Gasteiger partial charge in [-0.25, -0.2) is 4.99 Å². The number of benzene rings is 2. The van der Waals surface area contributed by atoms with Crippen LogP contribution in [0.5, 0.6) is 0 Å². The van der Waals surface area contributed by atoms with Crippen molar-refractivity contribution in [3.63, 3.8) is 0 Å². The smallest absolute Gasteiger partial charge is 0.258 e. The van der Waals surface area contributed by atoms with E-state index < -0.39 is 4.92 Å². The van der Waals surface area contributed by atoms with Crippen molar-refractivity contribution >= 4 is 44.1 Å². The molecular weight excluding hydrogens is 356 g/mol. The fraction of sp³-hybridized carbons (Fsp3) is 0.133. The lowest BCUT2D eigenvalue weighted by Crippen LogP contribution is -1.94. The van der Waals surface area contributed by atoms with Crippen LogP contribution in [0.15, 0.2) is 45.9 Å². The normalized spacial score (nSPS) is 11.5. The van der Waals surface area contributed by atoms with E-state index in [9.17, 15) is 10.1 Å². The van der Waals surface area contributed by atoms with Crippen LogP contribution >= 0.6 is 27.5 Å². The van der Waals surface area contributed by atoms with E-state index in [0.717, 1.165) is 21.3 Å². The van der Waals surface area contributed by atoms with Gasteiger partial charge in [0.05, 0.1) is 10.6 Å². The summed E-state index contributed by atoms with van der Waals surface area (Å²) in [4.78, 5) is 14.6. The molecule has 0 amide bonds. The van der Waals surface area contributed by atoms with Gasteiger partial charge in [0, 0.05) is 22.2 Å². The first kappa shape index (κ1) is 15.7. The Balaban J connectivity index is 2.39. The summed E-state index contributed by atoms with van der Waals surface area (Å²) in [5.41, 5.74) is 3.48. The third kappa shape index (κ3) is 3.68. The summed E-state index contributed by atoms with van der Waals surface area (Å²) in [5, 5.41) is 10.9. The molecule has 0 heterocycles. The molecular formula is C15H12BrClN2O2. The van der Waals surface area contributed by atoms with Crippen LogP contribution in [0.3, 0.4) is 0 Å². The van der Waals surface area contributed by atoms with Crippen molar-refractivity contribution in [2.45, 2.75) is 13.8 Å². The molecule has 0 bridgehead atoms. The highest BCUT2D eigenvalue weighted by Crippen LogP contribution is 2.29. The minimum atomic E-state index is -0.447. The Morgan fingerprint density at radius 3 is 2.19 bits per heavy atom. The van der Waals surface area contributed by atoms with Crippen LogP contribution in [0.4, 0.5) is 11.4 Å². The molecule has 0 radical (unpaired) electrons. The minimum Gasteiger partial charge on any atom is -0.258 e. The second kappa shape index (κ2) is 6.37. The van der Waals surface area contributed by atoms with Crippen molar-refractivity contribution in [1.29, 1.82) is 0 Å². The van der Waals surface area contributed by atoms with E-state index in [4.69, 9.17) is 11.6 Å². The largest absolute Gasteiger partial charge is 0.269 e. The first-order valence-electron chi connectivity index (χ1n) is 6.14. The molecule has 0 atom stereocenters. The van der Waals surface area contributed by atoms with Crippen LogP contribution in [0.2, 0.25) is 0 Å². The van der Waals surface area contributed by atoms with Gasteiger partial charge in [-0.2, -0.15) is 0 Å². The van der Waals surface area contributed by atoms with Gasteiger partial charge in [-0.15, -0.1) is 0 Å². The average molecular weight is 368 g/mol. The molecule has 0 unspecified atom stereocenters. The van der Waals surface area contributed by atoms with Crippen LogP contribution in [0.25, 0.3) is 0 Å². The van der Waals surface area contributed by atoms with E-state index in [0.29, 0.717) is 10.7 Å². The zero-order valence-electron chi connectivity index (χ0n) is 11.4. The third-order valence-electron chi connectivity index (χ3n) is 2.98. The van der Waals surface area contributed by atoms with Gasteiger partial charge in [0.25, 0.3) is 5.69 Å². The summed E-state index contributed by atoms with van der Waals surface area (Å²) in [6.45, 7) is 3.91. The summed E-state index contributed by atoms with van der Waals surface area (Å²) in [7, 11) is 0. The van der Waals surface area contributed by atoms with E-state index in [2.05, 4.69) is 20.9 Å². The average Bonchev–Trinajstić information content (AvgIpc) is 2.42. The Morgan fingerprint density at radius 2 is 1.71 bits per heavy atom. The van der Waals surface area contributed by atoms with E-state index >= 15 is 0 Å². The molecule has 4 nitrogen and oxygen atoms in total. The standard InChI is InChI=1S/C15H12BrClN2O2/c1-9-7-12(16)8-10(2)14(9)18-15(17)11-3-5-13(6-4-11)19(20)21/h3-8H,1-2H3. The highest BCUT2D eigenvalue weighted by atomic mass is 79.9. The van der Waals surface area contributed by atoms with Crippen molar-refractivity contribution in [2.24, 2.45) is 4.99 Å². The first-order chi connectivity index (χ1) is 9.88. The zero-order valence-corrected chi connectivity index (χ0v) is 13.8. The lowest BCUT2D eigenvalue weighted by Gasteiger charge is -2.07. The van der Waals surface area contributed by atoms with Gasteiger partial charge < -0.3 is 0 Å². The maximum absolute atomic E-state index is 10.6. The first-order valence-corrected chi connectivity index (χ1v) is 7.31. The molecule has 0 aliphatic carbocycles. The van der Waals surface area contributed by atoms with Crippen LogP contribution in [0.1, 0.15) is 16.7 Å². The van der Waals surface area contributed by atoms with Gasteiger partial charge in [-0.1, -0.05) is 27.5 Å². The number of rotatable bonds is 3. The quantitative estimate of drug-likeness (QED) is 0.420. The molecule has 108 valence electrons. The Bertz CT molecular complexity index is 704. The number of nitro groups is 1. The number of nitrogens with zero attached hydrogens (tertiary/aromatic N) is 2. The maximum atomic E-state index is 10.6. The molecule has 0 N–H and O–H groups in total. The van der Waals surface area contributed by atoms with Crippen molar-refractivity contribution < 1.29 is 4.92 Å². The minimum absolute atomic E-state index is 0.0271. The van der Waals surface area contributed by atoms with Gasteiger partial charge in [0.1, 0.15) is 5.17 Å². The van der Waals surface area contributed by atoms with Crippen LogP contribution in [-0.2, 0) is 0 Å². The SMILES string of the molecule is Cc1cc(Br)cc(C)c1N=C(Cl)c1ccc([N+](=O)[O-])cc1. The lowest BCUT2D eigenvalue weighted by molar-refractivity contribution is -0.384. The zero-order chi connectivity index (χ0) is 15.6. The van der Waals surface area contributed by atoms with Gasteiger partial charge in [-0.05, 0) is 49.2 Å². The monoisotopic (exact) mass is 366 g/mol.